The summed E-state index contributed by atoms with van der Waals surface area (Å²) in [5, 5.41) is 0. The Morgan fingerprint density at radius 3 is 2.72 bits per heavy atom. The molecule has 0 aliphatic heterocycles. The van der Waals surface area contributed by atoms with Gasteiger partial charge in [-0.3, -0.25) is 9.59 Å². The first-order valence-electron chi connectivity index (χ1n) is 5.91. The van der Waals surface area contributed by atoms with Gasteiger partial charge in [0, 0.05) is 18.5 Å². The van der Waals surface area contributed by atoms with Gasteiger partial charge < -0.3 is 14.6 Å². The summed E-state index contributed by atoms with van der Waals surface area (Å²) in [6.45, 7) is 6.43. The zero-order chi connectivity index (χ0) is 13.7. The highest BCUT2D eigenvalue weighted by atomic mass is 16.5. The highest BCUT2D eigenvalue weighted by Crippen LogP contribution is 2.12. The lowest BCUT2D eigenvalue weighted by Gasteiger charge is -2.21. The lowest BCUT2D eigenvalue weighted by atomic mass is 10.2. The van der Waals surface area contributed by atoms with Crippen LogP contribution in [0.3, 0.4) is 0 Å². The standard InChI is InChI=1S/C12H19N3O3/c1-5-15(7-11(17)18-4)9-6-10(16)14-12(13-9)8(2)3/h6,8H,5,7H2,1-4H3,(H,13,14,16). The number of nitrogens with one attached hydrogen (secondary N) is 1. The number of esters is 1. The number of carbonyl (C=O) groups excluding carboxylic acids is 1. The molecule has 0 fully saturated rings. The number of aromatic amines is 1. The first kappa shape index (κ1) is 14.2. The molecule has 0 atom stereocenters. The Morgan fingerprint density at radius 1 is 1.56 bits per heavy atom. The highest BCUT2D eigenvalue weighted by Gasteiger charge is 2.14. The molecule has 6 heteroatoms. The van der Waals surface area contributed by atoms with Crippen LogP contribution in [0.1, 0.15) is 32.5 Å². The molecule has 1 aromatic rings. The Labute approximate surface area is 106 Å². The van der Waals surface area contributed by atoms with Gasteiger partial charge in [0.15, 0.2) is 0 Å². The van der Waals surface area contributed by atoms with Gasteiger partial charge in [0.25, 0.3) is 5.56 Å². The molecule has 0 amide bonds. The molecule has 0 spiro atoms. The van der Waals surface area contributed by atoms with Crippen LogP contribution in [0.5, 0.6) is 0 Å². The molecular weight excluding hydrogens is 234 g/mol. The number of H-pyrrole nitrogens is 1. The fraction of sp³-hybridized carbons (Fsp3) is 0.583. The van der Waals surface area contributed by atoms with Crippen molar-refractivity contribution in [2.45, 2.75) is 26.7 Å². The molecule has 0 aliphatic carbocycles. The maximum atomic E-state index is 11.6. The van der Waals surface area contributed by atoms with Gasteiger partial charge >= 0.3 is 5.97 Å². The summed E-state index contributed by atoms with van der Waals surface area (Å²) in [4.78, 5) is 31.6. The van der Waals surface area contributed by atoms with Crippen molar-refractivity contribution >= 4 is 11.8 Å². The molecule has 0 saturated carbocycles. The van der Waals surface area contributed by atoms with Crippen LogP contribution in [0.25, 0.3) is 0 Å². The monoisotopic (exact) mass is 253 g/mol. The SMILES string of the molecule is CCN(CC(=O)OC)c1cc(=O)[nH]c(C(C)C)n1. The van der Waals surface area contributed by atoms with E-state index in [2.05, 4.69) is 14.7 Å². The summed E-state index contributed by atoms with van der Waals surface area (Å²) >= 11 is 0. The van der Waals surface area contributed by atoms with E-state index in [1.807, 2.05) is 20.8 Å². The van der Waals surface area contributed by atoms with Gasteiger partial charge in [-0.25, -0.2) is 4.98 Å². The fourth-order valence-electron chi connectivity index (χ4n) is 1.47. The molecule has 0 radical (unpaired) electrons. The van der Waals surface area contributed by atoms with Gasteiger partial charge in [-0.1, -0.05) is 13.8 Å². The number of carbonyl (C=O) groups is 1. The Kier molecular flexibility index (Phi) is 4.88. The quantitative estimate of drug-likeness (QED) is 0.789. The van der Waals surface area contributed by atoms with Crippen molar-refractivity contribution in [2.24, 2.45) is 0 Å². The zero-order valence-corrected chi connectivity index (χ0v) is 11.2. The Bertz CT molecular complexity index is 468. The second-order valence-corrected chi connectivity index (χ2v) is 4.23. The third-order valence-corrected chi connectivity index (χ3v) is 2.55. The van der Waals surface area contributed by atoms with Crippen LogP contribution < -0.4 is 10.5 Å². The minimum absolute atomic E-state index is 0.0843. The third kappa shape index (κ3) is 3.58. The summed E-state index contributed by atoms with van der Waals surface area (Å²) in [6, 6.07) is 1.39. The predicted octanol–water partition coefficient (Wildman–Crippen LogP) is 0.893. The van der Waals surface area contributed by atoms with Gasteiger partial charge in [-0.15, -0.1) is 0 Å². The smallest absolute Gasteiger partial charge is 0.325 e. The fourth-order valence-corrected chi connectivity index (χ4v) is 1.47. The topological polar surface area (TPSA) is 75.3 Å². The summed E-state index contributed by atoms with van der Waals surface area (Å²) in [6.07, 6.45) is 0. The van der Waals surface area contributed by atoms with Crippen LogP contribution in [-0.4, -0.2) is 36.1 Å². The van der Waals surface area contributed by atoms with Gasteiger partial charge in [-0.2, -0.15) is 0 Å². The number of ether oxygens (including phenoxy) is 1. The summed E-state index contributed by atoms with van der Waals surface area (Å²) in [7, 11) is 1.33. The number of likely N-dealkylation sites (N-methyl/N-ethyl adjacent to an activating group) is 1. The molecule has 1 aromatic heterocycles. The molecule has 18 heavy (non-hydrogen) atoms. The minimum Gasteiger partial charge on any atom is -0.468 e. The molecule has 6 nitrogen and oxygen atoms in total. The van der Waals surface area contributed by atoms with E-state index in [0.29, 0.717) is 18.2 Å². The van der Waals surface area contributed by atoms with Crippen LogP contribution in [-0.2, 0) is 9.53 Å². The first-order chi connectivity index (χ1) is 8.47. The molecule has 0 aliphatic rings. The number of anilines is 1. The molecule has 1 N–H and O–H groups in total. The number of rotatable bonds is 5. The largest absolute Gasteiger partial charge is 0.468 e. The third-order valence-electron chi connectivity index (χ3n) is 2.55. The van der Waals surface area contributed by atoms with Crippen molar-refractivity contribution in [1.29, 1.82) is 0 Å². The Hall–Kier alpha value is -1.85. The van der Waals surface area contributed by atoms with E-state index < -0.39 is 0 Å². The van der Waals surface area contributed by atoms with E-state index in [1.54, 1.807) is 4.90 Å². The van der Waals surface area contributed by atoms with E-state index in [9.17, 15) is 9.59 Å². The predicted molar refractivity (Wildman–Crippen MR) is 68.8 cm³/mol. The van der Waals surface area contributed by atoms with Crippen molar-refractivity contribution < 1.29 is 9.53 Å². The van der Waals surface area contributed by atoms with Crippen LogP contribution >= 0.6 is 0 Å². The summed E-state index contributed by atoms with van der Waals surface area (Å²) < 4.78 is 4.62. The maximum absolute atomic E-state index is 11.6. The van der Waals surface area contributed by atoms with Crippen LogP contribution in [0, 0.1) is 0 Å². The van der Waals surface area contributed by atoms with E-state index in [0.717, 1.165) is 0 Å². The van der Waals surface area contributed by atoms with Crippen LogP contribution in [0.4, 0.5) is 5.82 Å². The van der Waals surface area contributed by atoms with Crippen molar-refractivity contribution in [2.75, 3.05) is 25.1 Å². The number of nitrogens with zero attached hydrogens (tertiary/aromatic N) is 2. The maximum Gasteiger partial charge on any atom is 0.325 e. The lowest BCUT2D eigenvalue weighted by molar-refractivity contribution is -0.138. The molecular formula is C12H19N3O3. The van der Waals surface area contributed by atoms with Gasteiger partial charge in [0.1, 0.15) is 18.2 Å². The normalized spacial score (nSPS) is 10.5. The highest BCUT2D eigenvalue weighted by molar-refractivity contribution is 5.75. The van der Waals surface area contributed by atoms with E-state index in [1.165, 1.54) is 13.2 Å². The average molecular weight is 253 g/mol. The van der Waals surface area contributed by atoms with Crippen molar-refractivity contribution in [3.05, 3.63) is 22.2 Å². The second kappa shape index (κ2) is 6.18. The molecule has 1 rings (SSSR count). The lowest BCUT2D eigenvalue weighted by Crippen LogP contribution is -2.32. The number of hydrogen-bond acceptors (Lipinski definition) is 5. The van der Waals surface area contributed by atoms with E-state index >= 15 is 0 Å². The minimum atomic E-state index is -0.356. The molecule has 0 unspecified atom stereocenters. The average Bonchev–Trinajstić information content (AvgIpc) is 2.34. The van der Waals surface area contributed by atoms with Gasteiger partial charge in [0.05, 0.1) is 7.11 Å². The van der Waals surface area contributed by atoms with Gasteiger partial charge in [-0.05, 0) is 6.92 Å². The number of hydrogen-bond donors (Lipinski definition) is 1. The van der Waals surface area contributed by atoms with Gasteiger partial charge in [0.2, 0.25) is 0 Å². The molecule has 0 aromatic carbocycles. The summed E-state index contributed by atoms with van der Waals surface area (Å²) in [5.41, 5.74) is -0.216. The molecule has 100 valence electrons. The second-order valence-electron chi connectivity index (χ2n) is 4.23. The number of methoxy groups -OCH3 is 1. The van der Waals surface area contributed by atoms with E-state index in [-0.39, 0.29) is 24.0 Å². The first-order valence-corrected chi connectivity index (χ1v) is 5.91. The summed E-state index contributed by atoms with van der Waals surface area (Å²) in [5.74, 6) is 0.871. The van der Waals surface area contributed by atoms with Crippen molar-refractivity contribution in [1.82, 2.24) is 9.97 Å². The van der Waals surface area contributed by atoms with Crippen molar-refractivity contribution in [3.63, 3.8) is 0 Å². The molecule has 0 bridgehead atoms. The Balaban J connectivity index is 3.05. The number of aromatic nitrogens is 2. The molecule has 1 heterocycles. The zero-order valence-electron chi connectivity index (χ0n) is 11.2. The molecule has 0 saturated heterocycles. The van der Waals surface area contributed by atoms with E-state index in [4.69, 9.17) is 0 Å². The van der Waals surface area contributed by atoms with Crippen LogP contribution in [0.2, 0.25) is 0 Å². The Morgan fingerprint density at radius 2 is 2.22 bits per heavy atom. The van der Waals surface area contributed by atoms with Crippen LogP contribution in [0.15, 0.2) is 10.9 Å². The van der Waals surface area contributed by atoms with Crippen molar-refractivity contribution in [3.8, 4) is 0 Å².